The number of anilines is 2. The Morgan fingerprint density at radius 2 is 1.53 bits per heavy atom. The van der Waals surface area contributed by atoms with Crippen LogP contribution in [0.15, 0.2) is 47.8 Å². The average Bonchev–Trinajstić information content (AvgIpc) is 2.95. The van der Waals surface area contributed by atoms with Gasteiger partial charge in [-0.05, 0) is 67.3 Å². The van der Waals surface area contributed by atoms with Gasteiger partial charge in [-0.15, -0.1) is 0 Å². The third kappa shape index (κ3) is 8.08. The van der Waals surface area contributed by atoms with Crippen molar-refractivity contribution in [3.05, 3.63) is 76.0 Å². The van der Waals surface area contributed by atoms with Gasteiger partial charge in [-0.3, -0.25) is 4.90 Å². The molecule has 1 aliphatic rings. The maximum absolute atomic E-state index is 13.8. The Morgan fingerprint density at radius 1 is 0.936 bits per heavy atom. The van der Waals surface area contributed by atoms with Crippen molar-refractivity contribution in [1.29, 1.82) is 0 Å². The monoisotopic (exact) mass is 698 g/mol. The second kappa shape index (κ2) is 12.8. The predicted octanol–water partition coefficient (Wildman–Crippen LogP) is 7.83. The van der Waals surface area contributed by atoms with Crippen molar-refractivity contribution in [3.63, 3.8) is 0 Å². The van der Waals surface area contributed by atoms with E-state index in [1.807, 2.05) is 0 Å². The van der Waals surface area contributed by atoms with E-state index >= 15 is 0 Å². The molecule has 2 heterocycles. The molecule has 3 aromatic rings. The zero-order chi connectivity index (χ0) is 35.1. The predicted molar refractivity (Wildman–Crippen MR) is 150 cm³/mol. The van der Waals surface area contributed by atoms with Gasteiger partial charge in [-0.1, -0.05) is 6.92 Å². The molecule has 47 heavy (non-hydrogen) atoms. The number of carbonyl (C=O) groups is 1. The Balaban J connectivity index is 1.88. The zero-order valence-electron chi connectivity index (χ0n) is 24.8. The molecule has 0 saturated heterocycles. The lowest BCUT2D eigenvalue weighted by Crippen LogP contribution is -2.46. The SMILES string of the molecule is CCOC(=O)N1c2ccc(C(F)(F)F)cc2[C@@H](Nc2nc(S(C)(=O)=O)ncc2Cc2cc(C(F)(F)F)cc(C(F)(F)F)c2)C[C@H]1CC. The van der Waals surface area contributed by atoms with Gasteiger partial charge in [0, 0.05) is 30.5 Å². The molecule has 1 N–H and O–H groups in total. The van der Waals surface area contributed by atoms with E-state index < -0.39 is 80.4 Å². The van der Waals surface area contributed by atoms with Crippen molar-refractivity contribution < 1.29 is 57.5 Å². The highest BCUT2D eigenvalue weighted by molar-refractivity contribution is 7.90. The fourth-order valence-corrected chi connectivity index (χ4v) is 5.69. The summed E-state index contributed by atoms with van der Waals surface area (Å²) in [5, 5.41) is 2.10. The van der Waals surface area contributed by atoms with Gasteiger partial charge in [0.15, 0.2) is 0 Å². The zero-order valence-corrected chi connectivity index (χ0v) is 25.6. The second-order valence-electron chi connectivity index (χ2n) is 10.7. The first-order valence-electron chi connectivity index (χ1n) is 13.9. The van der Waals surface area contributed by atoms with Gasteiger partial charge in [0.05, 0.1) is 35.0 Å². The maximum atomic E-state index is 13.8. The van der Waals surface area contributed by atoms with Crippen molar-refractivity contribution in [3.8, 4) is 0 Å². The molecular formula is C29H27F9N4O4S. The molecule has 256 valence electrons. The third-order valence-corrected chi connectivity index (χ3v) is 8.19. The Labute approximate surface area is 262 Å². The number of amides is 1. The van der Waals surface area contributed by atoms with Crippen LogP contribution in [0.3, 0.4) is 0 Å². The lowest BCUT2D eigenvalue weighted by atomic mass is 9.88. The first-order chi connectivity index (χ1) is 21.6. The fraction of sp³-hybridized carbons (Fsp3) is 0.414. The summed E-state index contributed by atoms with van der Waals surface area (Å²) < 4.78 is 152. The van der Waals surface area contributed by atoms with E-state index in [0.717, 1.165) is 30.7 Å². The molecule has 0 unspecified atom stereocenters. The maximum Gasteiger partial charge on any atom is 0.416 e. The van der Waals surface area contributed by atoms with Crippen LogP contribution < -0.4 is 10.2 Å². The summed E-state index contributed by atoms with van der Waals surface area (Å²) in [6.07, 6.45) is -14.7. The largest absolute Gasteiger partial charge is 0.449 e. The Morgan fingerprint density at radius 3 is 2.04 bits per heavy atom. The van der Waals surface area contributed by atoms with Crippen LogP contribution in [0.4, 0.5) is 55.8 Å². The number of hydrogen-bond acceptors (Lipinski definition) is 7. The summed E-state index contributed by atoms with van der Waals surface area (Å²) >= 11 is 0. The summed E-state index contributed by atoms with van der Waals surface area (Å²) in [4.78, 5) is 21.8. The highest BCUT2D eigenvalue weighted by Crippen LogP contribution is 2.44. The van der Waals surface area contributed by atoms with Crippen LogP contribution in [0.25, 0.3) is 0 Å². The number of hydrogen-bond donors (Lipinski definition) is 1. The molecule has 18 heteroatoms. The molecule has 4 rings (SSSR count). The first kappa shape index (κ1) is 35.8. The van der Waals surface area contributed by atoms with Crippen LogP contribution in [0, 0.1) is 0 Å². The van der Waals surface area contributed by atoms with E-state index in [1.165, 1.54) is 4.90 Å². The number of halogens is 9. The number of carbonyl (C=O) groups excluding carboxylic acids is 1. The van der Waals surface area contributed by atoms with E-state index in [9.17, 15) is 52.7 Å². The summed E-state index contributed by atoms with van der Waals surface area (Å²) in [6, 6.07) is 1.79. The molecule has 0 saturated carbocycles. The molecule has 0 bridgehead atoms. The van der Waals surface area contributed by atoms with Gasteiger partial charge in [0.25, 0.3) is 0 Å². The molecule has 8 nitrogen and oxygen atoms in total. The summed E-state index contributed by atoms with van der Waals surface area (Å²) in [6.45, 7) is 3.21. The van der Waals surface area contributed by atoms with Gasteiger partial charge in [-0.2, -0.15) is 39.5 Å². The van der Waals surface area contributed by atoms with E-state index in [1.54, 1.807) is 13.8 Å². The molecular weight excluding hydrogens is 671 g/mol. The molecule has 0 fully saturated rings. The van der Waals surface area contributed by atoms with Crippen LogP contribution in [-0.2, 0) is 39.5 Å². The van der Waals surface area contributed by atoms with Crippen LogP contribution in [0.1, 0.15) is 66.1 Å². The minimum atomic E-state index is -5.14. The quantitative estimate of drug-likeness (QED) is 0.198. The number of fused-ring (bicyclic) bond motifs is 1. The van der Waals surface area contributed by atoms with Gasteiger partial charge in [0.1, 0.15) is 5.82 Å². The van der Waals surface area contributed by atoms with E-state index in [-0.39, 0.29) is 48.1 Å². The molecule has 2 aromatic carbocycles. The smallest absolute Gasteiger partial charge is 0.416 e. The lowest BCUT2D eigenvalue weighted by molar-refractivity contribution is -0.143. The highest BCUT2D eigenvalue weighted by Gasteiger charge is 2.40. The summed E-state index contributed by atoms with van der Waals surface area (Å²) in [7, 11) is -4.11. The Bertz CT molecular complexity index is 1730. The molecule has 0 spiro atoms. The first-order valence-corrected chi connectivity index (χ1v) is 15.8. The average molecular weight is 699 g/mol. The van der Waals surface area contributed by atoms with Crippen LogP contribution in [0.5, 0.6) is 0 Å². The number of ether oxygens (including phenoxy) is 1. The number of sulfone groups is 1. The fourth-order valence-electron chi connectivity index (χ4n) is 5.19. The number of rotatable bonds is 7. The Kier molecular flexibility index (Phi) is 9.77. The van der Waals surface area contributed by atoms with E-state index in [2.05, 4.69) is 15.3 Å². The number of nitrogens with zero attached hydrogens (tertiary/aromatic N) is 3. The second-order valence-corrected chi connectivity index (χ2v) is 12.6. The van der Waals surface area contributed by atoms with Crippen molar-refractivity contribution in [2.45, 2.75) is 68.9 Å². The van der Waals surface area contributed by atoms with Crippen LogP contribution in [0.2, 0.25) is 0 Å². The highest BCUT2D eigenvalue weighted by atomic mass is 32.2. The van der Waals surface area contributed by atoms with Gasteiger partial charge < -0.3 is 10.1 Å². The van der Waals surface area contributed by atoms with E-state index in [4.69, 9.17) is 4.74 Å². The van der Waals surface area contributed by atoms with Crippen molar-refractivity contribution in [1.82, 2.24) is 9.97 Å². The Hall–Kier alpha value is -4.09. The van der Waals surface area contributed by atoms with E-state index in [0.29, 0.717) is 12.1 Å². The molecule has 1 amide bonds. The minimum absolute atomic E-state index is 0.0342. The van der Waals surface area contributed by atoms with Crippen molar-refractivity contribution in [2.24, 2.45) is 0 Å². The molecule has 1 aliphatic heterocycles. The van der Waals surface area contributed by atoms with Gasteiger partial charge in [-0.25, -0.2) is 23.2 Å². The normalized spacial score (nSPS) is 17.3. The standard InChI is InChI=1S/C29H27F9N4O4S/c1-4-20-13-22(21-12-17(27(30,31)32)6-7-23(21)42(20)26(43)46-5-2)40-24-16(14-39-25(41-24)47(3,44)45)8-15-9-18(28(33,34)35)11-19(10-15)29(36,37)38/h6-7,9-12,14,20,22H,4-5,8,13H2,1-3H3,(H,39,40,41)/t20-,22+/m1/s1. The number of aromatic nitrogens is 2. The number of nitrogens with one attached hydrogen (secondary N) is 1. The summed E-state index contributed by atoms with van der Waals surface area (Å²) in [5.74, 6) is -0.362. The minimum Gasteiger partial charge on any atom is -0.449 e. The molecule has 0 aliphatic carbocycles. The van der Waals surface area contributed by atoms with Gasteiger partial charge in [0.2, 0.25) is 15.0 Å². The topological polar surface area (TPSA) is 101 Å². The van der Waals surface area contributed by atoms with Crippen molar-refractivity contribution in [2.75, 3.05) is 23.1 Å². The van der Waals surface area contributed by atoms with Crippen LogP contribution in [-0.4, -0.2) is 43.4 Å². The van der Waals surface area contributed by atoms with Crippen molar-refractivity contribution >= 4 is 27.4 Å². The lowest BCUT2D eigenvalue weighted by Gasteiger charge is -2.40. The van der Waals surface area contributed by atoms with Crippen LogP contribution >= 0.6 is 0 Å². The number of alkyl halides is 9. The molecule has 1 aromatic heterocycles. The van der Waals surface area contributed by atoms with Gasteiger partial charge >= 0.3 is 24.6 Å². The summed E-state index contributed by atoms with van der Waals surface area (Å²) in [5.41, 5.74) is -4.91. The molecule has 2 atom stereocenters. The molecule has 0 radical (unpaired) electrons. The number of benzene rings is 2. The third-order valence-electron chi connectivity index (χ3n) is 7.33.